The number of nitrogens with one attached hydrogen (secondary N) is 1. The van der Waals surface area contributed by atoms with E-state index in [1.807, 2.05) is 13.0 Å². The Balaban J connectivity index is 2.02. The molecule has 0 atom stereocenters. The van der Waals surface area contributed by atoms with E-state index >= 15 is 0 Å². The van der Waals surface area contributed by atoms with Gasteiger partial charge in [-0.2, -0.15) is 0 Å². The Kier molecular flexibility index (Phi) is 3.92. The van der Waals surface area contributed by atoms with Gasteiger partial charge in [0.1, 0.15) is 16.5 Å². The van der Waals surface area contributed by atoms with Crippen molar-refractivity contribution in [1.82, 2.24) is 0 Å². The fourth-order valence-corrected chi connectivity index (χ4v) is 2.73. The number of carbonyl (C=O) groups excluding carboxylic acids is 2. The molecule has 3 rings (SSSR count). The second-order valence-corrected chi connectivity index (χ2v) is 5.58. The SMILES string of the molecule is COc1cc(NC2=C(Cl)C(=O)c3ccccc3C2=O)ccc1C. The van der Waals surface area contributed by atoms with Crippen molar-refractivity contribution in [2.45, 2.75) is 6.92 Å². The van der Waals surface area contributed by atoms with Gasteiger partial charge in [-0.3, -0.25) is 9.59 Å². The number of carbonyl (C=O) groups is 2. The van der Waals surface area contributed by atoms with Gasteiger partial charge in [0.05, 0.1) is 7.11 Å². The van der Waals surface area contributed by atoms with Gasteiger partial charge < -0.3 is 10.1 Å². The van der Waals surface area contributed by atoms with Crippen molar-refractivity contribution in [1.29, 1.82) is 0 Å². The zero-order chi connectivity index (χ0) is 16.6. The highest BCUT2D eigenvalue weighted by atomic mass is 35.5. The maximum absolute atomic E-state index is 12.6. The maximum Gasteiger partial charge on any atom is 0.211 e. The van der Waals surface area contributed by atoms with E-state index in [4.69, 9.17) is 16.3 Å². The lowest BCUT2D eigenvalue weighted by atomic mass is 9.92. The molecule has 2 aromatic rings. The standard InChI is InChI=1S/C18H14ClNO3/c1-10-7-8-11(9-14(10)23-2)20-16-15(19)17(21)12-5-3-4-6-13(12)18(16)22/h3-9,20H,1-2H3. The van der Waals surface area contributed by atoms with Gasteiger partial charge in [-0.05, 0) is 18.6 Å². The fraction of sp³-hybridized carbons (Fsp3) is 0.111. The zero-order valence-corrected chi connectivity index (χ0v) is 13.4. The van der Waals surface area contributed by atoms with E-state index < -0.39 is 0 Å². The molecule has 1 aliphatic rings. The average Bonchev–Trinajstić information content (AvgIpc) is 2.58. The fourth-order valence-electron chi connectivity index (χ4n) is 2.50. The molecule has 116 valence electrons. The summed E-state index contributed by atoms with van der Waals surface area (Å²) in [6.45, 7) is 1.92. The van der Waals surface area contributed by atoms with Crippen molar-refractivity contribution in [3.63, 3.8) is 0 Å². The van der Waals surface area contributed by atoms with Crippen molar-refractivity contribution in [2.24, 2.45) is 0 Å². The first-order valence-electron chi connectivity index (χ1n) is 7.02. The molecule has 0 aliphatic heterocycles. The van der Waals surface area contributed by atoms with E-state index in [1.165, 1.54) is 0 Å². The second kappa shape index (κ2) is 5.89. The summed E-state index contributed by atoms with van der Waals surface area (Å²) < 4.78 is 5.26. The minimum absolute atomic E-state index is 0.0845. The molecule has 4 nitrogen and oxygen atoms in total. The number of benzene rings is 2. The molecule has 1 aliphatic carbocycles. The van der Waals surface area contributed by atoms with Crippen molar-refractivity contribution in [3.8, 4) is 5.75 Å². The number of halogens is 1. The van der Waals surface area contributed by atoms with E-state index in [1.54, 1.807) is 43.5 Å². The van der Waals surface area contributed by atoms with Gasteiger partial charge in [0, 0.05) is 22.9 Å². The van der Waals surface area contributed by atoms with Crippen LogP contribution in [0.1, 0.15) is 26.3 Å². The highest BCUT2D eigenvalue weighted by Gasteiger charge is 2.31. The van der Waals surface area contributed by atoms with Crippen LogP contribution in [-0.4, -0.2) is 18.7 Å². The van der Waals surface area contributed by atoms with Gasteiger partial charge in [-0.25, -0.2) is 0 Å². The molecule has 0 saturated carbocycles. The van der Waals surface area contributed by atoms with Crippen LogP contribution in [0.15, 0.2) is 53.2 Å². The summed E-state index contributed by atoms with van der Waals surface area (Å²) >= 11 is 6.13. The van der Waals surface area contributed by atoms with Crippen LogP contribution in [0, 0.1) is 6.92 Å². The summed E-state index contributed by atoms with van der Waals surface area (Å²) in [5.74, 6) is 0.0230. The van der Waals surface area contributed by atoms with Crippen LogP contribution in [0.2, 0.25) is 0 Å². The Hall–Kier alpha value is -2.59. The predicted molar refractivity (Wildman–Crippen MR) is 89.3 cm³/mol. The van der Waals surface area contributed by atoms with Gasteiger partial charge in [-0.1, -0.05) is 41.9 Å². The van der Waals surface area contributed by atoms with Gasteiger partial charge in [0.15, 0.2) is 0 Å². The Morgan fingerprint density at radius 1 is 1.00 bits per heavy atom. The maximum atomic E-state index is 12.6. The molecule has 0 radical (unpaired) electrons. The number of anilines is 1. The molecule has 0 unspecified atom stereocenters. The monoisotopic (exact) mass is 327 g/mol. The van der Waals surface area contributed by atoms with E-state index in [0.717, 1.165) is 5.56 Å². The third-order valence-electron chi connectivity index (χ3n) is 3.74. The van der Waals surface area contributed by atoms with Crippen LogP contribution >= 0.6 is 11.6 Å². The van der Waals surface area contributed by atoms with Gasteiger partial charge in [0.25, 0.3) is 0 Å². The first-order valence-corrected chi connectivity index (χ1v) is 7.40. The molecule has 0 aromatic heterocycles. The van der Waals surface area contributed by atoms with Crippen LogP contribution in [0.3, 0.4) is 0 Å². The smallest absolute Gasteiger partial charge is 0.211 e. The first-order chi connectivity index (χ1) is 11.0. The van der Waals surface area contributed by atoms with Crippen molar-refractivity contribution in [3.05, 3.63) is 69.9 Å². The van der Waals surface area contributed by atoms with Crippen LogP contribution < -0.4 is 10.1 Å². The van der Waals surface area contributed by atoms with E-state index in [-0.39, 0.29) is 22.3 Å². The van der Waals surface area contributed by atoms with Crippen LogP contribution in [-0.2, 0) is 0 Å². The third-order valence-corrected chi connectivity index (χ3v) is 4.10. The average molecular weight is 328 g/mol. The summed E-state index contributed by atoms with van der Waals surface area (Å²) in [6.07, 6.45) is 0. The lowest BCUT2D eigenvalue weighted by molar-refractivity contribution is 0.0982. The molecular weight excluding hydrogens is 314 g/mol. The normalized spacial score (nSPS) is 13.9. The van der Waals surface area contributed by atoms with E-state index in [9.17, 15) is 9.59 Å². The molecule has 1 N–H and O–H groups in total. The van der Waals surface area contributed by atoms with Crippen LogP contribution in [0.4, 0.5) is 5.69 Å². The number of aryl methyl sites for hydroxylation is 1. The Labute approximate surface area is 138 Å². The topological polar surface area (TPSA) is 55.4 Å². The molecule has 23 heavy (non-hydrogen) atoms. The molecule has 0 amide bonds. The lowest BCUT2D eigenvalue weighted by Crippen LogP contribution is -2.24. The highest BCUT2D eigenvalue weighted by molar-refractivity contribution is 6.50. The van der Waals surface area contributed by atoms with Crippen molar-refractivity contribution in [2.75, 3.05) is 12.4 Å². The van der Waals surface area contributed by atoms with Crippen molar-refractivity contribution < 1.29 is 14.3 Å². The molecule has 5 heteroatoms. The summed E-state index contributed by atoms with van der Waals surface area (Å²) in [5, 5.41) is 2.85. The van der Waals surface area contributed by atoms with Crippen molar-refractivity contribution >= 4 is 28.9 Å². The number of Topliss-reactive ketones (excluding diaryl/α,β-unsaturated/α-hetero) is 2. The summed E-state index contributed by atoms with van der Waals surface area (Å²) in [6, 6.07) is 12.1. The summed E-state index contributed by atoms with van der Waals surface area (Å²) in [5.41, 5.74) is 2.36. The lowest BCUT2D eigenvalue weighted by Gasteiger charge is -2.19. The van der Waals surface area contributed by atoms with E-state index in [2.05, 4.69) is 5.32 Å². The summed E-state index contributed by atoms with van der Waals surface area (Å²) in [4.78, 5) is 24.9. The highest BCUT2D eigenvalue weighted by Crippen LogP contribution is 2.30. The number of rotatable bonds is 3. The van der Waals surface area contributed by atoms with Gasteiger partial charge in [-0.15, -0.1) is 0 Å². The van der Waals surface area contributed by atoms with Crippen LogP contribution in [0.25, 0.3) is 0 Å². The minimum Gasteiger partial charge on any atom is -0.496 e. The Morgan fingerprint density at radius 3 is 2.30 bits per heavy atom. The Bertz CT molecular complexity index is 855. The first kappa shape index (κ1) is 15.3. The quantitative estimate of drug-likeness (QED) is 0.927. The molecular formula is C18H14ClNO3. The van der Waals surface area contributed by atoms with E-state index in [0.29, 0.717) is 22.6 Å². The number of fused-ring (bicyclic) bond motifs is 1. The Morgan fingerprint density at radius 2 is 1.65 bits per heavy atom. The third kappa shape index (κ3) is 2.62. The van der Waals surface area contributed by atoms with Gasteiger partial charge >= 0.3 is 0 Å². The number of ether oxygens (including phenoxy) is 1. The molecule has 0 saturated heterocycles. The number of hydrogen-bond donors (Lipinski definition) is 1. The van der Waals surface area contributed by atoms with Crippen LogP contribution in [0.5, 0.6) is 5.75 Å². The summed E-state index contributed by atoms with van der Waals surface area (Å²) in [7, 11) is 1.57. The molecule has 2 aromatic carbocycles. The van der Waals surface area contributed by atoms with Gasteiger partial charge in [0.2, 0.25) is 11.6 Å². The molecule has 0 fully saturated rings. The zero-order valence-electron chi connectivity index (χ0n) is 12.6. The number of methoxy groups -OCH3 is 1. The second-order valence-electron chi connectivity index (χ2n) is 5.20. The number of hydrogen-bond acceptors (Lipinski definition) is 4. The largest absolute Gasteiger partial charge is 0.496 e. The molecule has 0 spiro atoms. The molecule has 0 heterocycles. The number of ketones is 2. The predicted octanol–water partition coefficient (Wildman–Crippen LogP) is 3.95. The molecule has 0 bridgehead atoms. The minimum atomic E-state index is -0.358. The number of allylic oxidation sites excluding steroid dienone is 2.